The second-order valence-electron chi connectivity index (χ2n) is 4.77. The van der Waals surface area contributed by atoms with Gasteiger partial charge in [-0.15, -0.1) is 0 Å². The lowest BCUT2D eigenvalue weighted by Crippen LogP contribution is -2.50. The Hall–Kier alpha value is -1.26. The van der Waals surface area contributed by atoms with Gasteiger partial charge in [-0.1, -0.05) is 17.7 Å². The average Bonchev–Trinajstić information content (AvgIpc) is 2.42. The molecule has 1 aromatic carbocycles. The zero-order valence-corrected chi connectivity index (χ0v) is 12.0. The molecule has 1 atom stereocenters. The van der Waals surface area contributed by atoms with Crippen LogP contribution in [0.15, 0.2) is 18.2 Å². The zero-order valence-electron chi connectivity index (χ0n) is 11.3. The quantitative estimate of drug-likeness (QED) is 0.920. The van der Waals surface area contributed by atoms with Crippen LogP contribution in [0.5, 0.6) is 5.75 Å². The minimum atomic E-state index is -0.515. The van der Waals surface area contributed by atoms with Crippen LogP contribution in [0.1, 0.15) is 12.5 Å². The van der Waals surface area contributed by atoms with E-state index in [1.807, 2.05) is 24.0 Å². The van der Waals surface area contributed by atoms with Crippen molar-refractivity contribution in [3.63, 3.8) is 0 Å². The summed E-state index contributed by atoms with van der Waals surface area (Å²) in [6, 6.07) is 5.56. The lowest BCUT2D eigenvalue weighted by Gasteiger charge is -2.29. The molecule has 1 saturated heterocycles. The van der Waals surface area contributed by atoms with Crippen LogP contribution in [0.25, 0.3) is 0 Å². The van der Waals surface area contributed by atoms with Crippen molar-refractivity contribution in [1.82, 2.24) is 10.2 Å². The van der Waals surface area contributed by atoms with Crippen LogP contribution in [0.3, 0.4) is 0 Å². The molecule has 1 amide bonds. The molecule has 0 saturated carbocycles. The van der Waals surface area contributed by atoms with Gasteiger partial charge in [-0.2, -0.15) is 0 Å². The Morgan fingerprint density at radius 2 is 2.11 bits per heavy atom. The first-order valence-corrected chi connectivity index (χ1v) is 6.88. The summed E-state index contributed by atoms with van der Waals surface area (Å²) in [5.41, 5.74) is 1.07. The Balaban J connectivity index is 1.99. The van der Waals surface area contributed by atoms with Gasteiger partial charge in [-0.3, -0.25) is 4.79 Å². The SMILES string of the molecule is Cc1ccc(OC(C)C(=O)N2CCNCC2)c(Cl)c1. The molecule has 5 heteroatoms. The van der Waals surface area contributed by atoms with Gasteiger partial charge in [-0.05, 0) is 31.5 Å². The highest BCUT2D eigenvalue weighted by Crippen LogP contribution is 2.26. The largest absolute Gasteiger partial charge is 0.479 e. The van der Waals surface area contributed by atoms with Gasteiger partial charge >= 0.3 is 0 Å². The summed E-state index contributed by atoms with van der Waals surface area (Å²) in [4.78, 5) is 14.0. The summed E-state index contributed by atoms with van der Waals surface area (Å²) in [5.74, 6) is 0.571. The van der Waals surface area contributed by atoms with E-state index in [0.29, 0.717) is 10.8 Å². The molecule has 1 aliphatic rings. The summed E-state index contributed by atoms with van der Waals surface area (Å²) in [7, 11) is 0. The van der Waals surface area contributed by atoms with Crippen molar-refractivity contribution >= 4 is 17.5 Å². The number of benzene rings is 1. The van der Waals surface area contributed by atoms with E-state index in [9.17, 15) is 4.79 Å². The number of hydrogen-bond acceptors (Lipinski definition) is 3. The van der Waals surface area contributed by atoms with Gasteiger partial charge < -0.3 is 15.0 Å². The molecule has 4 nitrogen and oxygen atoms in total. The Labute approximate surface area is 118 Å². The number of piperazine rings is 1. The molecule has 2 rings (SSSR count). The van der Waals surface area contributed by atoms with E-state index in [2.05, 4.69) is 5.32 Å². The first-order valence-electron chi connectivity index (χ1n) is 6.50. The molecular weight excluding hydrogens is 264 g/mol. The molecular formula is C14H19ClN2O2. The number of hydrogen-bond donors (Lipinski definition) is 1. The Kier molecular flexibility index (Phi) is 4.66. The molecule has 0 spiro atoms. The smallest absolute Gasteiger partial charge is 0.263 e. The highest BCUT2D eigenvalue weighted by atomic mass is 35.5. The van der Waals surface area contributed by atoms with E-state index in [1.54, 1.807) is 13.0 Å². The maximum atomic E-state index is 12.2. The van der Waals surface area contributed by atoms with E-state index in [-0.39, 0.29) is 5.91 Å². The molecule has 104 valence electrons. The third-order valence-corrected chi connectivity index (χ3v) is 3.46. The van der Waals surface area contributed by atoms with Crippen molar-refractivity contribution in [2.75, 3.05) is 26.2 Å². The maximum Gasteiger partial charge on any atom is 0.263 e. The molecule has 1 aromatic rings. The second kappa shape index (κ2) is 6.26. The van der Waals surface area contributed by atoms with Gasteiger partial charge in [0.1, 0.15) is 5.75 Å². The van der Waals surface area contributed by atoms with Crippen molar-refractivity contribution in [3.8, 4) is 5.75 Å². The van der Waals surface area contributed by atoms with Gasteiger partial charge in [0.25, 0.3) is 5.91 Å². The number of amides is 1. The topological polar surface area (TPSA) is 41.6 Å². The summed E-state index contributed by atoms with van der Waals surface area (Å²) in [6.07, 6.45) is -0.515. The number of carbonyl (C=O) groups is 1. The number of ether oxygens (including phenoxy) is 1. The van der Waals surface area contributed by atoms with Gasteiger partial charge in [0.05, 0.1) is 5.02 Å². The van der Waals surface area contributed by atoms with Crippen molar-refractivity contribution in [3.05, 3.63) is 28.8 Å². The normalized spacial score (nSPS) is 17.1. The maximum absolute atomic E-state index is 12.2. The fourth-order valence-electron chi connectivity index (χ4n) is 2.08. The standard InChI is InChI=1S/C14H19ClN2O2/c1-10-3-4-13(12(15)9-10)19-11(2)14(18)17-7-5-16-6-8-17/h3-4,9,11,16H,5-8H2,1-2H3. The second-order valence-corrected chi connectivity index (χ2v) is 5.18. The van der Waals surface area contributed by atoms with Crippen molar-refractivity contribution in [2.45, 2.75) is 20.0 Å². The van der Waals surface area contributed by atoms with Crippen LogP contribution in [-0.2, 0) is 4.79 Å². The van der Waals surface area contributed by atoms with Crippen LogP contribution >= 0.6 is 11.6 Å². The lowest BCUT2D eigenvalue weighted by molar-refractivity contribution is -0.138. The number of nitrogens with zero attached hydrogens (tertiary/aromatic N) is 1. The summed E-state index contributed by atoms with van der Waals surface area (Å²) in [5, 5.41) is 3.76. The van der Waals surface area contributed by atoms with Crippen LogP contribution in [-0.4, -0.2) is 43.1 Å². The zero-order chi connectivity index (χ0) is 13.8. The lowest BCUT2D eigenvalue weighted by atomic mass is 10.2. The number of halogens is 1. The van der Waals surface area contributed by atoms with Crippen molar-refractivity contribution < 1.29 is 9.53 Å². The van der Waals surface area contributed by atoms with E-state index < -0.39 is 6.10 Å². The molecule has 0 radical (unpaired) electrons. The summed E-state index contributed by atoms with van der Waals surface area (Å²) < 4.78 is 5.67. The molecule has 1 unspecified atom stereocenters. The highest BCUT2D eigenvalue weighted by Gasteiger charge is 2.23. The number of rotatable bonds is 3. The first kappa shape index (κ1) is 14.2. The van der Waals surface area contributed by atoms with Crippen LogP contribution in [0.2, 0.25) is 5.02 Å². The van der Waals surface area contributed by atoms with E-state index >= 15 is 0 Å². The third-order valence-electron chi connectivity index (χ3n) is 3.17. The molecule has 1 fully saturated rings. The molecule has 19 heavy (non-hydrogen) atoms. The average molecular weight is 283 g/mol. The number of nitrogens with one attached hydrogen (secondary N) is 1. The first-order chi connectivity index (χ1) is 9.08. The van der Waals surface area contributed by atoms with Gasteiger partial charge in [0.2, 0.25) is 0 Å². The predicted molar refractivity (Wildman–Crippen MR) is 75.7 cm³/mol. The fraction of sp³-hybridized carbons (Fsp3) is 0.500. The highest BCUT2D eigenvalue weighted by molar-refractivity contribution is 6.32. The van der Waals surface area contributed by atoms with Crippen molar-refractivity contribution in [2.24, 2.45) is 0 Å². The van der Waals surface area contributed by atoms with Gasteiger partial charge in [0, 0.05) is 26.2 Å². The molecule has 0 bridgehead atoms. The van der Waals surface area contributed by atoms with E-state index in [4.69, 9.17) is 16.3 Å². The van der Waals surface area contributed by atoms with E-state index in [1.165, 1.54) is 0 Å². The van der Waals surface area contributed by atoms with Gasteiger partial charge in [0.15, 0.2) is 6.10 Å². The molecule has 1 N–H and O–H groups in total. The Bertz CT molecular complexity index is 459. The Morgan fingerprint density at radius 3 is 2.74 bits per heavy atom. The number of aryl methyl sites for hydroxylation is 1. The summed E-state index contributed by atoms with van der Waals surface area (Å²) in [6.45, 7) is 6.86. The predicted octanol–water partition coefficient (Wildman–Crippen LogP) is 1.85. The molecule has 0 aromatic heterocycles. The molecule has 0 aliphatic carbocycles. The summed E-state index contributed by atoms with van der Waals surface area (Å²) >= 11 is 6.10. The van der Waals surface area contributed by atoms with Crippen LogP contribution in [0.4, 0.5) is 0 Å². The van der Waals surface area contributed by atoms with E-state index in [0.717, 1.165) is 31.7 Å². The Morgan fingerprint density at radius 1 is 1.42 bits per heavy atom. The molecule has 1 aliphatic heterocycles. The minimum Gasteiger partial charge on any atom is -0.479 e. The van der Waals surface area contributed by atoms with Crippen molar-refractivity contribution in [1.29, 1.82) is 0 Å². The molecule has 1 heterocycles. The monoisotopic (exact) mass is 282 g/mol. The number of carbonyl (C=O) groups excluding carboxylic acids is 1. The third kappa shape index (κ3) is 3.61. The fourth-order valence-corrected chi connectivity index (χ4v) is 2.36. The van der Waals surface area contributed by atoms with Crippen LogP contribution < -0.4 is 10.1 Å². The van der Waals surface area contributed by atoms with Gasteiger partial charge in [-0.25, -0.2) is 0 Å². The minimum absolute atomic E-state index is 0.0122. The van der Waals surface area contributed by atoms with Crippen LogP contribution in [0, 0.1) is 6.92 Å².